The fraction of sp³-hybridized carbons (Fsp3) is 0.750. The topological polar surface area (TPSA) is 38.0 Å². The molecule has 84 valence electrons. The Labute approximate surface area is 91.1 Å². The molecule has 1 aromatic heterocycles. The van der Waals surface area contributed by atoms with Crippen molar-refractivity contribution in [3.8, 4) is 0 Å². The molecular formula is C12H20N2O. The normalized spacial score (nSPS) is 31.0. The van der Waals surface area contributed by atoms with Gasteiger partial charge in [-0.25, -0.2) is 4.98 Å². The molecule has 1 heterocycles. The van der Waals surface area contributed by atoms with E-state index >= 15 is 0 Å². The van der Waals surface area contributed by atoms with Gasteiger partial charge in [-0.05, 0) is 32.1 Å². The molecule has 0 radical (unpaired) electrons. The molecule has 1 saturated carbocycles. The van der Waals surface area contributed by atoms with Gasteiger partial charge in [-0.2, -0.15) is 0 Å². The minimum Gasteiger partial charge on any atom is -0.389 e. The largest absolute Gasteiger partial charge is 0.389 e. The molecule has 1 aromatic rings. The predicted molar refractivity (Wildman–Crippen MR) is 59.6 cm³/mol. The molecule has 3 nitrogen and oxygen atoms in total. The summed E-state index contributed by atoms with van der Waals surface area (Å²) in [6, 6.07) is 0. The van der Waals surface area contributed by atoms with Crippen LogP contribution in [0.3, 0.4) is 0 Å². The monoisotopic (exact) mass is 208 g/mol. The second-order valence-corrected chi connectivity index (χ2v) is 4.88. The quantitative estimate of drug-likeness (QED) is 0.825. The first-order chi connectivity index (χ1) is 7.13. The lowest BCUT2D eigenvalue weighted by molar-refractivity contribution is 0.0418. The molecule has 1 N–H and O–H groups in total. The van der Waals surface area contributed by atoms with Gasteiger partial charge in [0.25, 0.3) is 0 Å². The molecule has 1 aliphatic rings. The summed E-state index contributed by atoms with van der Waals surface area (Å²) < 4.78 is 2.11. The first kappa shape index (κ1) is 10.7. The molecule has 0 aromatic carbocycles. The molecule has 2 atom stereocenters. The van der Waals surface area contributed by atoms with Crippen molar-refractivity contribution in [1.29, 1.82) is 0 Å². The van der Waals surface area contributed by atoms with Gasteiger partial charge in [0.05, 0.1) is 5.60 Å². The molecule has 0 amide bonds. The lowest BCUT2D eigenvalue weighted by atomic mass is 9.96. The van der Waals surface area contributed by atoms with Gasteiger partial charge in [0.1, 0.15) is 5.82 Å². The zero-order chi connectivity index (χ0) is 10.9. The van der Waals surface area contributed by atoms with Crippen molar-refractivity contribution < 1.29 is 5.11 Å². The first-order valence-electron chi connectivity index (χ1n) is 5.85. The number of hydrogen-bond acceptors (Lipinski definition) is 2. The average molecular weight is 208 g/mol. The lowest BCUT2D eigenvalue weighted by Gasteiger charge is -2.22. The van der Waals surface area contributed by atoms with E-state index < -0.39 is 5.60 Å². The van der Waals surface area contributed by atoms with Gasteiger partial charge in [0, 0.05) is 25.4 Å². The van der Waals surface area contributed by atoms with E-state index in [1.54, 1.807) is 0 Å². The highest BCUT2D eigenvalue weighted by Gasteiger charge is 2.36. The van der Waals surface area contributed by atoms with Crippen LogP contribution in [-0.2, 0) is 13.0 Å². The van der Waals surface area contributed by atoms with E-state index in [-0.39, 0.29) is 0 Å². The van der Waals surface area contributed by atoms with Crippen molar-refractivity contribution >= 4 is 0 Å². The zero-order valence-electron chi connectivity index (χ0n) is 9.61. The third-order valence-electron chi connectivity index (χ3n) is 3.46. The maximum Gasteiger partial charge on any atom is 0.111 e. The Morgan fingerprint density at radius 2 is 2.47 bits per heavy atom. The summed E-state index contributed by atoms with van der Waals surface area (Å²) in [5.41, 5.74) is -0.502. The molecule has 1 aliphatic carbocycles. The minimum atomic E-state index is -0.502. The van der Waals surface area contributed by atoms with Crippen molar-refractivity contribution in [1.82, 2.24) is 9.55 Å². The molecule has 3 heteroatoms. The number of nitrogens with zero attached hydrogens (tertiary/aromatic N) is 2. The highest BCUT2D eigenvalue weighted by Crippen LogP contribution is 2.36. The van der Waals surface area contributed by atoms with E-state index in [0.29, 0.717) is 12.3 Å². The zero-order valence-corrected chi connectivity index (χ0v) is 9.61. The summed E-state index contributed by atoms with van der Waals surface area (Å²) in [5, 5.41) is 10.4. The SMILES string of the molecule is CCn1ccnc1CC1(O)CCC(C)C1. The second kappa shape index (κ2) is 3.97. The fourth-order valence-electron chi connectivity index (χ4n) is 2.62. The minimum absolute atomic E-state index is 0.502. The van der Waals surface area contributed by atoms with Gasteiger partial charge in [0.2, 0.25) is 0 Å². The highest BCUT2D eigenvalue weighted by atomic mass is 16.3. The van der Waals surface area contributed by atoms with Gasteiger partial charge >= 0.3 is 0 Å². The first-order valence-corrected chi connectivity index (χ1v) is 5.85. The van der Waals surface area contributed by atoms with Crippen LogP contribution in [0.25, 0.3) is 0 Å². The van der Waals surface area contributed by atoms with Crippen molar-refractivity contribution in [3.05, 3.63) is 18.2 Å². The molecule has 2 unspecified atom stereocenters. The van der Waals surface area contributed by atoms with Crippen molar-refractivity contribution in [2.45, 2.75) is 51.7 Å². The predicted octanol–water partition coefficient (Wildman–Crippen LogP) is 2.00. The third kappa shape index (κ3) is 2.23. The number of hydrogen-bond donors (Lipinski definition) is 1. The third-order valence-corrected chi connectivity index (χ3v) is 3.46. The molecule has 0 bridgehead atoms. The van der Waals surface area contributed by atoms with E-state index in [4.69, 9.17) is 0 Å². The second-order valence-electron chi connectivity index (χ2n) is 4.88. The molecule has 0 aliphatic heterocycles. The summed E-state index contributed by atoms with van der Waals surface area (Å²) in [6.07, 6.45) is 7.49. The standard InChI is InChI=1S/C12H20N2O/c1-3-14-7-6-13-11(14)9-12(15)5-4-10(2)8-12/h6-7,10,15H,3-5,8-9H2,1-2H3. The van der Waals surface area contributed by atoms with Crippen LogP contribution in [0.4, 0.5) is 0 Å². The van der Waals surface area contributed by atoms with Gasteiger partial charge in [-0.1, -0.05) is 6.92 Å². The molecule has 0 saturated heterocycles. The number of imidazole rings is 1. The van der Waals surface area contributed by atoms with E-state index in [9.17, 15) is 5.11 Å². The Balaban J connectivity index is 2.08. The Bertz CT molecular complexity index is 334. The maximum absolute atomic E-state index is 10.4. The molecular weight excluding hydrogens is 188 g/mol. The van der Waals surface area contributed by atoms with Gasteiger partial charge in [-0.15, -0.1) is 0 Å². The molecule has 0 spiro atoms. The van der Waals surface area contributed by atoms with Crippen LogP contribution in [0.5, 0.6) is 0 Å². The number of aliphatic hydroxyl groups is 1. The summed E-state index contributed by atoms with van der Waals surface area (Å²) >= 11 is 0. The van der Waals surface area contributed by atoms with Crippen LogP contribution in [0, 0.1) is 5.92 Å². The van der Waals surface area contributed by atoms with Crippen LogP contribution >= 0.6 is 0 Å². The summed E-state index contributed by atoms with van der Waals surface area (Å²) in [4.78, 5) is 4.32. The van der Waals surface area contributed by atoms with Gasteiger partial charge in [-0.3, -0.25) is 0 Å². The summed E-state index contributed by atoms with van der Waals surface area (Å²) in [6.45, 7) is 5.25. The summed E-state index contributed by atoms with van der Waals surface area (Å²) in [7, 11) is 0. The summed E-state index contributed by atoms with van der Waals surface area (Å²) in [5.74, 6) is 1.68. The van der Waals surface area contributed by atoms with Crippen LogP contribution < -0.4 is 0 Å². The van der Waals surface area contributed by atoms with E-state index in [1.807, 2.05) is 12.4 Å². The Kier molecular flexibility index (Phi) is 2.83. The molecule has 15 heavy (non-hydrogen) atoms. The van der Waals surface area contributed by atoms with E-state index in [2.05, 4.69) is 23.4 Å². The maximum atomic E-state index is 10.4. The molecule has 1 fully saturated rings. The van der Waals surface area contributed by atoms with Crippen LogP contribution in [0.15, 0.2) is 12.4 Å². The highest BCUT2D eigenvalue weighted by molar-refractivity contribution is 5.01. The van der Waals surface area contributed by atoms with E-state index in [1.165, 1.54) is 0 Å². The Morgan fingerprint density at radius 3 is 3.07 bits per heavy atom. The van der Waals surface area contributed by atoms with Crippen molar-refractivity contribution in [3.63, 3.8) is 0 Å². The van der Waals surface area contributed by atoms with Crippen molar-refractivity contribution in [2.75, 3.05) is 0 Å². The number of aromatic nitrogens is 2. The fourth-order valence-corrected chi connectivity index (χ4v) is 2.62. The Morgan fingerprint density at radius 1 is 1.67 bits per heavy atom. The lowest BCUT2D eigenvalue weighted by Crippen LogP contribution is -2.29. The number of aryl methyl sites for hydroxylation is 1. The van der Waals surface area contributed by atoms with Gasteiger partial charge in [0.15, 0.2) is 0 Å². The average Bonchev–Trinajstić information content (AvgIpc) is 2.74. The van der Waals surface area contributed by atoms with Crippen LogP contribution in [0.1, 0.15) is 38.9 Å². The van der Waals surface area contributed by atoms with E-state index in [0.717, 1.165) is 31.6 Å². The van der Waals surface area contributed by atoms with Crippen LogP contribution in [0.2, 0.25) is 0 Å². The smallest absolute Gasteiger partial charge is 0.111 e. The number of rotatable bonds is 3. The van der Waals surface area contributed by atoms with Crippen molar-refractivity contribution in [2.24, 2.45) is 5.92 Å². The van der Waals surface area contributed by atoms with Gasteiger partial charge < -0.3 is 9.67 Å². The van der Waals surface area contributed by atoms with Crippen LogP contribution in [-0.4, -0.2) is 20.3 Å². The molecule has 2 rings (SSSR count). The Hall–Kier alpha value is -0.830.